The van der Waals surface area contributed by atoms with Crippen molar-refractivity contribution in [2.75, 3.05) is 0 Å². The molecule has 0 bridgehead atoms. The predicted octanol–water partition coefficient (Wildman–Crippen LogP) is 3.44. The second-order valence-electron chi connectivity index (χ2n) is 6.05. The topological polar surface area (TPSA) is 77.2 Å². The molecule has 1 amide bonds. The highest BCUT2D eigenvalue weighted by molar-refractivity contribution is 5.80. The van der Waals surface area contributed by atoms with Crippen LogP contribution in [0.1, 0.15) is 23.9 Å². The Hall–Kier alpha value is -3.15. The lowest BCUT2D eigenvalue weighted by Crippen LogP contribution is -2.36. The van der Waals surface area contributed by atoms with E-state index in [4.69, 9.17) is 9.26 Å². The van der Waals surface area contributed by atoms with Crippen molar-refractivity contribution in [3.8, 4) is 17.1 Å². The zero-order valence-corrected chi connectivity index (χ0v) is 15.0. The predicted molar refractivity (Wildman–Crippen MR) is 97.6 cm³/mol. The monoisotopic (exact) mass is 351 g/mol. The van der Waals surface area contributed by atoms with Gasteiger partial charge in [-0.2, -0.15) is 4.98 Å². The normalized spacial score (nSPS) is 11.8. The number of carbonyl (C=O) groups is 1. The Balaban J connectivity index is 1.57. The molecule has 134 valence electrons. The van der Waals surface area contributed by atoms with E-state index in [1.54, 1.807) is 6.92 Å². The first-order chi connectivity index (χ1) is 12.5. The van der Waals surface area contributed by atoms with Gasteiger partial charge in [0.05, 0.1) is 6.54 Å². The highest BCUT2D eigenvalue weighted by Gasteiger charge is 2.17. The molecule has 1 aromatic heterocycles. The molecule has 0 aliphatic rings. The summed E-state index contributed by atoms with van der Waals surface area (Å²) in [5.74, 6) is 1.30. The molecule has 1 heterocycles. The Labute approximate surface area is 152 Å². The van der Waals surface area contributed by atoms with E-state index < -0.39 is 6.10 Å². The number of hydrogen-bond donors (Lipinski definition) is 1. The maximum absolute atomic E-state index is 12.3. The van der Waals surface area contributed by atoms with Crippen LogP contribution >= 0.6 is 0 Å². The van der Waals surface area contributed by atoms with Crippen molar-refractivity contribution in [1.82, 2.24) is 15.5 Å². The zero-order chi connectivity index (χ0) is 18.5. The average molecular weight is 351 g/mol. The first-order valence-corrected chi connectivity index (χ1v) is 8.43. The van der Waals surface area contributed by atoms with E-state index in [1.165, 1.54) is 0 Å². The summed E-state index contributed by atoms with van der Waals surface area (Å²) in [5.41, 5.74) is 3.01. The van der Waals surface area contributed by atoms with Gasteiger partial charge in [0.2, 0.25) is 11.7 Å². The van der Waals surface area contributed by atoms with Crippen LogP contribution in [0.25, 0.3) is 11.4 Å². The van der Waals surface area contributed by atoms with Crippen LogP contribution in [-0.4, -0.2) is 22.2 Å². The van der Waals surface area contributed by atoms with Crippen LogP contribution < -0.4 is 10.1 Å². The smallest absolute Gasteiger partial charge is 0.261 e. The van der Waals surface area contributed by atoms with Crippen LogP contribution in [0.15, 0.2) is 53.1 Å². The summed E-state index contributed by atoms with van der Waals surface area (Å²) in [4.78, 5) is 16.6. The number of carbonyl (C=O) groups excluding carboxylic acids is 1. The lowest BCUT2D eigenvalue weighted by Gasteiger charge is -2.16. The average Bonchev–Trinajstić information content (AvgIpc) is 3.13. The Kier molecular flexibility index (Phi) is 5.31. The fourth-order valence-corrected chi connectivity index (χ4v) is 2.43. The first kappa shape index (κ1) is 17.7. The van der Waals surface area contributed by atoms with Gasteiger partial charge in [-0.3, -0.25) is 4.79 Å². The number of aryl methyl sites for hydroxylation is 1. The van der Waals surface area contributed by atoms with Crippen molar-refractivity contribution in [2.24, 2.45) is 0 Å². The van der Waals surface area contributed by atoms with Gasteiger partial charge in [-0.15, -0.1) is 0 Å². The van der Waals surface area contributed by atoms with E-state index in [0.29, 0.717) is 17.5 Å². The minimum absolute atomic E-state index is 0.152. The van der Waals surface area contributed by atoms with Gasteiger partial charge in [0, 0.05) is 5.56 Å². The molecule has 2 aromatic carbocycles. The molecule has 0 fully saturated rings. The van der Waals surface area contributed by atoms with Crippen LogP contribution in [0, 0.1) is 13.8 Å². The molecular formula is C20H21N3O3. The molecule has 0 spiro atoms. The van der Waals surface area contributed by atoms with Gasteiger partial charge < -0.3 is 14.6 Å². The maximum Gasteiger partial charge on any atom is 0.261 e. The van der Waals surface area contributed by atoms with Crippen LogP contribution in [0.3, 0.4) is 0 Å². The standard InChI is InChI=1S/C20H21N3O3/c1-13-8-7-11-17(14(13)2)25-15(3)20(24)21-12-18-22-19(23-26-18)16-9-5-4-6-10-16/h4-11,15H,12H2,1-3H3,(H,21,24)/t15-/m0/s1. The summed E-state index contributed by atoms with van der Waals surface area (Å²) in [6, 6.07) is 15.3. The zero-order valence-electron chi connectivity index (χ0n) is 15.0. The Morgan fingerprint density at radius 3 is 2.69 bits per heavy atom. The fraction of sp³-hybridized carbons (Fsp3) is 0.250. The van der Waals surface area contributed by atoms with Crippen molar-refractivity contribution in [2.45, 2.75) is 33.4 Å². The number of benzene rings is 2. The fourth-order valence-electron chi connectivity index (χ4n) is 2.43. The molecule has 0 aliphatic heterocycles. The SMILES string of the molecule is Cc1cccc(O[C@@H](C)C(=O)NCc2nc(-c3ccccc3)no2)c1C. The van der Waals surface area contributed by atoms with E-state index in [9.17, 15) is 4.79 Å². The summed E-state index contributed by atoms with van der Waals surface area (Å²) in [5, 5.41) is 6.69. The Bertz CT molecular complexity index is 890. The van der Waals surface area contributed by atoms with Crippen LogP contribution in [-0.2, 0) is 11.3 Å². The molecule has 0 saturated heterocycles. The third-order valence-electron chi connectivity index (χ3n) is 4.14. The molecule has 0 aliphatic carbocycles. The molecule has 1 N–H and O–H groups in total. The molecule has 1 atom stereocenters. The van der Waals surface area contributed by atoms with Crippen molar-refractivity contribution >= 4 is 5.91 Å². The van der Waals surface area contributed by atoms with Gasteiger partial charge in [-0.25, -0.2) is 0 Å². The van der Waals surface area contributed by atoms with Crippen LogP contribution in [0.2, 0.25) is 0 Å². The van der Waals surface area contributed by atoms with Gasteiger partial charge in [0.15, 0.2) is 6.10 Å². The van der Waals surface area contributed by atoms with E-state index in [1.807, 2.05) is 62.4 Å². The van der Waals surface area contributed by atoms with Crippen molar-refractivity contribution in [3.05, 3.63) is 65.5 Å². The molecule has 6 heteroatoms. The van der Waals surface area contributed by atoms with Gasteiger partial charge >= 0.3 is 0 Å². The maximum atomic E-state index is 12.3. The van der Waals surface area contributed by atoms with Crippen LogP contribution in [0.5, 0.6) is 5.75 Å². The Morgan fingerprint density at radius 1 is 1.15 bits per heavy atom. The number of aromatic nitrogens is 2. The number of nitrogens with zero attached hydrogens (tertiary/aromatic N) is 2. The van der Waals surface area contributed by atoms with Gasteiger partial charge in [-0.05, 0) is 38.0 Å². The van der Waals surface area contributed by atoms with E-state index in [2.05, 4.69) is 15.5 Å². The minimum atomic E-state index is -0.632. The molecular weight excluding hydrogens is 330 g/mol. The molecule has 6 nitrogen and oxygen atoms in total. The van der Waals surface area contributed by atoms with Gasteiger partial charge in [0.1, 0.15) is 5.75 Å². The lowest BCUT2D eigenvalue weighted by molar-refractivity contribution is -0.127. The van der Waals surface area contributed by atoms with Crippen molar-refractivity contribution < 1.29 is 14.1 Å². The largest absolute Gasteiger partial charge is 0.481 e. The summed E-state index contributed by atoms with van der Waals surface area (Å²) < 4.78 is 11.0. The molecule has 3 aromatic rings. The molecule has 26 heavy (non-hydrogen) atoms. The van der Waals surface area contributed by atoms with E-state index >= 15 is 0 Å². The molecule has 3 rings (SSSR count). The third-order valence-corrected chi connectivity index (χ3v) is 4.14. The molecule has 0 unspecified atom stereocenters. The van der Waals surface area contributed by atoms with Crippen molar-refractivity contribution in [1.29, 1.82) is 0 Å². The van der Waals surface area contributed by atoms with Crippen LogP contribution in [0.4, 0.5) is 0 Å². The van der Waals surface area contributed by atoms with Gasteiger partial charge in [-0.1, -0.05) is 47.6 Å². The van der Waals surface area contributed by atoms with E-state index in [-0.39, 0.29) is 12.5 Å². The number of amides is 1. The quantitative estimate of drug-likeness (QED) is 0.736. The van der Waals surface area contributed by atoms with E-state index in [0.717, 1.165) is 16.7 Å². The molecule has 0 saturated carbocycles. The second-order valence-corrected chi connectivity index (χ2v) is 6.05. The second kappa shape index (κ2) is 7.82. The summed E-state index contributed by atoms with van der Waals surface area (Å²) in [7, 11) is 0. The first-order valence-electron chi connectivity index (χ1n) is 8.43. The summed E-state index contributed by atoms with van der Waals surface area (Å²) >= 11 is 0. The highest BCUT2D eigenvalue weighted by atomic mass is 16.5. The number of hydrogen-bond acceptors (Lipinski definition) is 5. The number of rotatable bonds is 6. The summed E-state index contributed by atoms with van der Waals surface area (Å²) in [6.45, 7) is 5.84. The van der Waals surface area contributed by atoms with Crippen molar-refractivity contribution in [3.63, 3.8) is 0 Å². The third kappa shape index (κ3) is 4.08. The van der Waals surface area contributed by atoms with Gasteiger partial charge in [0.25, 0.3) is 5.91 Å². The highest BCUT2D eigenvalue weighted by Crippen LogP contribution is 2.21. The molecule has 0 radical (unpaired) electrons. The Morgan fingerprint density at radius 2 is 1.92 bits per heavy atom. The lowest BCUT2D eigenvalue weighted by atomic mass is 10.1. The minimum Gasteiger partial charge on any atom is -0.481 e. The number of nitrogens with one attached hydrogen (secondary N) is 1. The number of ether oxygens (including phenoxy) is 1. The summed E-state index contributed by atoms with van der Waals surface area (Å²) in [6.07, 6.45) is -0.632.